The van der Waals surface area contributed by atoms with Gasteiger partial charge in [0, 0.05) is 17.3 Å². The van der Waals surface area contributed by atoms with Gasteiger partial charge in [-0.1, -0.05) is 23.5 Å². The molecular formula is C18H14IN3O3S. The highest BCUT2D eigenvalue weighted by atomic mass is 127. The summed E-state index contributed by atoms with van der Waals surface area (Å²) in [5.41, 5.74) is 1.43. The Morgan fingerprint density at radius 3 is 2.92 bits per heavy atom. The number of rotatable bonds is 3. The average Bonchev–Trinajstić information content (AvgIpc) is 3.18. The first-order valence-corrected chi connectivity index (χ1v) is 9.78. The van der Waals surface area contributed by atoms with Gasteiger partial charge in [-0.2, -0.15) is 0 Å². The second-order valence-corrected chi connectivity index (χ2v) is 7.93. The van der Waals surface area contributed by atoms with Crippen LogP contribution in [0.4, 0.5) is 5.69 Å². The number of benzene rings is 1. The zero-order valence-corrected chi connectivity index (χ0v) is 16.8. The number of fused-ring (bicyclic) bond motifs is 1. The van der Waals surface area contributed by atoms with E-state index in [1.165, 1.54) is 11.3 Å². The smallest absolute Gasteiger partial charge is 0.271 e. The molecule has 0 amide bonds. The molecule has 0 N–H and O–H groups in total. The predicted molar refractivity (Wildman–Crippen MR) is 108 cm³/mol. The van der Waals surface area contributed by atoms with E-state index in [1.54, 1.807) is 23.6 Å². The van der Waals surface area contributed by atoms with Crippen molar-refractivity contribution in [2.24, 2.45) is 4.99 Å². The summed E-state index contributed by atoms with van der Waals surface area (Å²) in [4.78, 5) is 31.5. The molecule has 0 saturated carbocycles. The summed E-state index contributed by atoms with van der Waals surface area (Å²) < 4.78 is 8.53. The number of carbonyl (C=O) groups excluding carboxylic acids is 1. The number of anilines is 1. The number of nitrogens with zero attached hydrogens (tertiary/aromatic N) is 3. The normalized spacial score (nSPS) is 14.2. The number of carbonyl (C=O) groups is 1. The van der Waals surface area contributed by atoms with Gasteiger partial charge in [0.25, 0.3) is 5.56 Å². The number of furan rings is 1. The molecule has 0 saturated heterocycles. The van der Waals surface area contributed by atoms with Gasteiger partial charge in [0.05, 0.1) is 4.53 Å². The van der Waals surface area contributed by atoms with Crippen LogP contribution in [-0.4, -0.2) is 17.0 Å². The monoisotopic (exact) mass is 479 g/mol. The summed E-state index contributed by atoms with van der Waals surface area (Å²) in [6.07, 6.45) is 1.75. The number of hydrogen-bond acceptors (Lipinski definition) is 6. The summed E-state index contributed by atoms with van der Waals surface area (Å²) >= 11 is 3.45. The van der Waals surface area contributed by atoms with Crippen LogP contribution in [0.1, 0.15) is 23.0 Å². The second-order valence-electron chi connectivity index (χ2n) is 5.86. The van der Waals surface area contributed by atoms with Crippen molar-refractivity contribution in [2.45, 2.75) is 13.6 Å². The third-order valence-corrected chi connectivity index (χ3v) is 5.69. The number of thiazole rings is 1. The number of hydrogen-bond donors (Lipinski definition) is 0. The minimum Gasteiger partial charge on any atom is -0.451 e. The second kappa shape index (κ2) is 6.84. The summed E-state index contributed by atoms with van der Waals surface area (Å²) in [5.74, 6) is 0.663. The van der Waals surface area contributed by atoms with Crippen LogP contribution in [0.5, 0.6) is 0 Å². The summed E-state index contributed by atoms with van der Waals surface area (Å²) in [6.45, 7) is 2.39. The number of halogens is 1. The molecule has 6 nitrogen and oxygen atoms in total. The Balaban J connectivity index is 1.70. The van der Waals surface area contributed by atoms with Crippen molar-refractivity contribution in [3.05, 3.63) is 71.2 Å². The maximum atomic E-state index is 12.7. The van der Waals surface area contributed by atoms with Crippen LogP contribution in [0.2, 0.25) is 0 Å². The lowest BCUT2D eigenvalue weighted by Crippen LogP contribution is -2.42. The standard InChI is InChI=1S/C18H14IN3O3S/c1-11(23)12-3-2-4-13(7-12)21-9-20-18-22(10-21)17(24)15(26-18)8-14-5-6-16(19)25-14/h2-8H,9-10H2,1H3. The van der Waals surface area contributed by atoms with E-state index >= 15 is 0 Å². The van der Waals surface area contributed by atoms with Crippen molar-refractivity contribution in [3.63, 3.8) is 0 Å². The minimum absolute atomic E-state index is 0.0131. The van der Waals surface area contributed by atoms with E-state index < -0.39 is 0 Å². The maximum Gasteiger partial charge on any atom is 0.271 e. The molecule has 4 rings (SSSR count). The number of Topliss-reactive ketones (excluding diaryl/α,β-unsaturated/α-hetero) is 1. The lowest BCUT2D eigenvalue weighted by Gasteiger charge is -2.25. The molecule has 1 aromatic carbocycles. The Hall–Kier alpha value is -2.20. The van der Waals surface area contributed by atoms with Gasteiger partial charge in [0.15, 0.2) is 14.4 Å². The van der Waals surface area contributed by atoms with Crippen LogP contribution >= 0.6 is 33.9 Å². The molecular weight excluding hydrogens is 465 g/mol. The Morgan fingerprint density at radius 1 is 1.35 bits per heavy atom. The van der Waals surface area contributed by atoms with Gasteiger partial charge in [-0.15, -0.1) is 0 Å². The average molecular weight is 479 g/mol. The lowest BCUT2D eigenvalue weighted by molar-refractivity contribution is 0.101. The minimum atomic E-state index is -0.0902. The van der Waals surface area contributed by atoms with Gasteiger partial charge in [0.2, 0.25) is 0 Å². The van der Waals surface area contributed by atoms with Crippen LogP contribution in [0.3, 0.4) is 0 Å². The SMILES string of the molecule is CC(=O)c1cccc(N2CN=c3sc(=Cc4ccc(I)o4)c(=O)n3C2)c1. The Bertz CT molecular complexity index is 1170. The van der Waals surface area contributed by atoms with Crippen molar-refractivity contribution in [1.82, 2.24) is 4.57 Å². The predicted octanol–water partition coefficient (Wildman–Crippen LogP) is 2.19. The summed E-state index contributed by atoms with van der Waals surface area (Å²) in [6, 6.07) is 11.1. The van der Waals surface area contributed by atoms with Gasteiger partial charge >= 0.3 is 0 Å². The maximum absolute atomic E-state index is 12.7. The van der Waals surface area contributed by atoms with Crippen molar-refractivity contribution in [2.75, 3.05) is 11.6 Å². The molecule has 0 unspecified atom stereocenters. The fourth-order valence-corrected chi connectivity index (χ4v) is 4.11. The third-order valence-electron chi connectivity index (χ3n) is 4.06. The molecule has 0 atom stereocenters. The molecule has 1 aliphatic rings. The molecule has 3 aromatic rings. The molecule has 0 aliphatic carbocycles. The van der Waals surface area contributed by atoms with E-state index in [2.05, 4.69) is 27.6 Å². The highest BCUT2D eigenvalue weighted by Crippen LogP contribution is 2.18. The lowest BCUT2D eigenvalue weighted by atomic mass is 10.1. The van der Waals surface area contributed by atoms with Gasteiger partial charge in [-0.25, -0.2) is 4.99 Å². The Morgan fingerprint density at radius 2 is 2.19 bits per heavy atom. The van der Waals surface area contributed by atoms with Crippen molar-refractivity contribution in [3.8, 4) is 0 Å². The molecule has 132 valence electrons. The van der Waals surface area contributed by atoms with E-state index in [9.17, 15) is 9.59 Å². The largest absolute Gasteiger partial charge is 0.451 e. The third kappa shape index (κ3) is 3.26. The van der Waals surface area contributed by atoms with E-state index in [0.29, 0.717) is 34.0 Å². The quantitative estimate of drug-likeness (QED) is 0.427. The molecule has 0 spiro atoms. The molecule has 26 heavy (non-hydrogen) atoms. The molecule has 1 aliphatic heterocycles. The molecule has 8 heteroatoms. The highest BCUT2D eigenvalue weighted by Gasteiger charge is 2.16. The number of ketones is 1. The van der Waals surface area contributed by atoms with Crippen molar-refractivity contribution >= 4 is 51.5 Å². The van der Waals surface area contributed by atoms with E-state index in [-0.39, 0.29) is 11.3 Å². The van der Waals surface area contributed by atoms with Crippen LogP contribution in [0.15, 0.2) is 50.6 Å². The molecule has 2 aromatic heterocycles. The van der Waals surface area contributed by atoms with E-state index in [1.807, 2.05) is 35.2 Å². The first-order chi connectivity index (χ1) is 12.5. The van der Waals surface area contributed by atoms with Crippen LogP contribution in [-0.2, 0) is 6.67 Å². The molecule has 0 bridgehead atoms. The summed E-state index contributed by atoms with van der Waals surface area (Å²) in [5, 5.41) is 0. The Kier molecular flexibility index (Phi) is 4.53. The van der Waals surface area contributed by atoms with Crippen molar-refractivity contribution in [1.29, 1.82) is 0 Å². The molecule has 0 fully saturated rings. The van der Waals surface area contributed by atoms with Gasteiger partial charge in [-0.05, 0) is 53.8 Å². The fraction of sp³-hybridized carbons (Fsp3) is 0.167. The zero-order valence-electron chi connectivity index (χ0n) is 13.8. The highest BCUT2D eigenvalue weighted by molar-refractivity contribution is 14.1. The Labute approximate surface area is 166 Å². The van der Waals surface area contributed by atoms with Crippen LogP contribution in [0, 0.1) is 3.77 Å². The van der Waals surface area contributed by atoms with Crippen molar-refractivity contribution < 1.29 is 9.21 Å². The molecule has 3 heterocycles. The van der Waals surface area contributed by atoms with Gasteiger partial charge in [-0.3, -0.25) is 14.2 Å². The summed E-state index contributed by atoms with van der Waals surface area (Å²) in [7, 11) is 0. The topological polar surface area (TPSA) is 67.8 Å². The fourth-order valence-electron chi connectivity index (χ4n) is 2.73. The first-order valence-electron chi connectivity index (χ1n) is 7.88. The van der Waals surface area contributed by atoms with Crippen LogP contribution < -0.4 is 19.8 Å². The van der Waals surface area contributed by atoms with E-state index in [4.69, 9.17) is 4.42 Å². The molecule has 0 radical (unpaired) electrons. The number of aromatic nitrogens is 1. The van der Waals surface area contributed by atoms with Gasteiger partial charge < -0.3 is 9.32 Å². The van der Waals surface area contributed by atoms with Gasteiger partial charge in [0.1, 0.15) is 19.1 Å². The zero-order chi connectivity index (χ0) is 18.3. The van der Waals surface area contributed by atoms with Crippen LogP contribution in [0.25, 0.3) is 6.08 Å². The first kappa shape index (κ1) is 17.2. The van der Waals surface area contributed by atoms with E-state index in [0.717, 1.165) is 9.45 Å².